The molecule has 142 valence electrons. The van der Waals surface area contributed by atoms with Crippen molar-refractivity contribution in [1.29, 1.82) is 5.26 Å². The van der Waals surface area contributed by atoms with Gasteiger partial charge in [0, 0.05) is 24.7 Å². The molecule has 8 nitrogen and oxygen atoms in total. The van der Waals surface area contributed by atoms with E-state index in [9.17, 15) is 14.9 Å². The Hall–Kier alpha value is -3.38. The van der Waals surface area contributed by atoms with Gasteiger partial charge in [0.25, 0.3) is 11.8 Å². The fraction of sp³-hybridized carbons (Fsp3) is 0.263. The van der Waals surface area contributed by atoms with Gasteiger partial charge in [-0.05, 0) is 31.0 Å². The van der Waals surface area contributed by atoms with Crippen LogP contribution in [-0.4, -0.2) is 33.0 Å². The molecule has 2 amide bonds. The van der Waals surface area contributed by atoms with Gasteiger partial charge in [-0.25, -0.2) is 0 Å². The zero-order chi connectivity index (χ0) is 19.8. The maximum Gasteiger partial charge on any atom is 0.289 e. The summed E-state index contributed by atoms with van der Waals surface area (Å²) in [6, 6.07) is 5.62. The maximum atomic E-state index is 12.6. The quantitative estimate of drug-likeness (QED) is 0.734. The second-order valence-corrected chi connectivity index (χ2v) is 7.67. The van der Waals surface area contributed by atoms with Crippen molar-refractivity contribution in [3.8, 4) is 6.07 Å². The first-order valence-corrected chi connectivity index (χ1v) is 9.48. The molecule has 28 heavy (non-hydrogen) atoms. The fourth-order valence-electron chi connectivity index (χ4n) is 3.20. The van der Waals surface area contributed by atoms with Crippen LogP contribution in [-0.2, 0) is 20.0 Å². The third-order valence-electron chi connectivity index (χ3n) is 4.60. The number of rotatable bonds is 3. The number of hydrogen-bond donors (Lipinski definition) is 1. The number of carbonyl (C=O) groups excluding carboxylic acids is 2. The third-order valence-corrected chi connectivity index (χ3v) is 5.73. The van der Waals surface area contributed by atoms with Crippen LogP contribution in [0.2, 0.25) is 0 Å². The van der Waals surface area contributed by atoms with Gasteiger partial charge in [0.05, 0.1) is 23.9 Å². The average molecular weight is 395 g/mol. The Morgan fingerprint density at radius 2 is 2.21 bits per heavy atom. The van der Waals surface area contributed by atoms with E-state index in [-0.39, 0.29) is 11.8 Å². The second kappa shape index (κ2) is 6.98. The van der Waals surface area contributed by atoms with E-state index in [1.54, 1.807) is 41.9 Å². The van der Waals surface area contributed by atoms with E-state index in [0.717, 1.165) is 10.4 Å². The smallest absolute Gasteiger partial charge is 0.289 e. The molecular weight excluding hydrogens is 378 g/mol. The van der Waals surface area contributed by atoms with Crippen molar-refractivity contribution in [1.82, 2.24) is 14.7 Å². The molecule has 0 aliphatic carbocycles. The largest absolute Gasteiger partial charge is 0.456 e. The van der Waals surface area contributed by atoms with E-state index in [1.807, 2.05) is 0 Å². The van der Waals surface area contributed by atoms with E-state index in [0.29, 0.717) is 47.2 Å². The lowest BCUT2D eigenvalue weighted by atomic mass is 10.0. The predicted octanol–water partition coefficient (Wildman–Crippen LogP) is 2.71. The number of fused-ring (bicyclic) bond motifs is 1. The molecule has 0 radical (unpaired) electrons. The molecule has 0 saturated carbocycles. The zero-order valence-electron chi connectivity index (χ0n) is 15.4. The minimum atomic E-state index is -0.317. The Bertz CT molecular complexity index is 1120. The summed E-state index contributed by atoms with van der Waals surface area (Å²) in [5, 5.41) is 16.9. The van der Waals surface area contributed by atoms with Crippen molar-refractivity contribution in [2.45, 2.75) is 19.9 Å². The van der Waals surface area contributed by atoms with Gasteiger partial charge in [0.2, 0.25) is 0 Å². The van der Waals surface area contributed by atoms with Crippen LogP contribution in [0.4, 0.5) is 5.00 Å². The molecule has 0 unspecified atom stereocenters. The first kappa shape index (κ1) is 18.0. The van der Waals surface area contributed by atoms with Crippen LogP contribution in [0.3, 0.4) is 0 Å². The van der Waals surface area contributed by atoms with E-state index in [4.69, 9.17) is 4.42 Å². The number of amides is 2. The SMILES string of the molecule is Cc1ccc(C(=O)N2CCc3c(sc(NC(=O)c4cnn(C)c4)c3C#N)C2)o1. The highest BCUT2D eigenvalue weighted by Crippen LogP contribution is 2.37. The van der Waals surface area contributed by atoms with Gasteiger partial charge < -0.3 is 14.6 Å². The van der Waals surface area contributed by atoms with Gasteiger partial charge in [0.15, 0.2) is 5.76 Å². The molecule has 1 aliphatic heterocycles. The summed E-state index contributed by atoms with van der Waals surface area (Å²) >= 11 is 1.33. The average Bonchev–Trinajstić information content (AvgIpc) is 3.38. The van der Waals surface area contributed by atoms with Crippen molar-refractivity contribution >= 4 is 28.2 Å². The fourth-order valence-corrected chi connectivity index (χ4v) is 4.41. The summed E-state index contributed by atoms with van der Waals surface area (Å²) in [5.74, 6) is 0.501. The standard InChI is InChI=1S/C19H17N5O3S/c1-11-3-4-15(27-11)19(26)24-6-5-13-14(7-20)18(28-16(13)10-24)22-17(25)12-8-21-23(2)9-12/h3-4,8-9H,5-6,10H2,1-2H3,(H,22,25). The molecule has 0 fully saturated rings. The number of nitrogens with one attached hydrogen (secondary N) is 1. The van der Waals surface area contributed by atoms with Gasteiger partial charge in [-0.3, -0.25) is 14.3 Å². The molecule has 4 heterocycles. The van der Waals surface area contributed by atoms with Crippen LogP contribution in [0.25, 0.3) is 0 Å². The van der Waals surface area contributed by atoms with Gasteiger partial charge in [0.1, 0.15) is 16.8 Å². The van der Waals surface area contributed by atoms with Crippen molar-refractivity contribution in [3.63, 3.8) is 0 Å². The summed E-state index contributed by atoms with van der Waals surface area (Å²) in [7, 11) is 1.73. The Morgan fingerprint density at radius 1 is 1.39 bits per heavy atom. The van der Waals surface area contributed by atoms with E-state index < -0.39 is 0 Å². The lowest BCUT2D eigenvalue weighted by Crippen LogP contribution is -2.35. The number of aryl methyl sites for hydroxylation is 2. The zero-order valence-corrected chi connectivity index (χ0v) is 16.2. The van der Waals surface area contributed by atoms with Crippen LogP contribution in [0.1, 0.15) is 42.7 Å². The van der Waals surface area contributed by atoms with Crippen molar-refractivity contribution in [2.75, 3.05) is 11.9 Å². The van der Waals surface area contributed by atoms with E-state index >= 15 is 0 Å². The molecule has 1 aliphatic rings. The highest BCUT2D eigenvalue weighted by atomic mass is 32.1. The molecule has 0 atom stereocenters. The Kier molecular flexibility index (Phi) is 4.49. The van der Waals surface area contributed by atoms with Crippen LogP contribution in [0.15, 0.2) is 28.9 Å². The number of carbonyl (C=O) groups is 2. The van der Waals surface area contributed by atoms with Crippen molar-refractivity contribution in [2.24, 2.45) is 7.05 Å². The van der Waals surface area contributed by atoms with Crippen LogP contribution in [0, 0.1) is 18.3 Å². The Morgan fingerprint density at radius 3 is 2.86 bits per heavy atom. The number of nitriles is 1. The highest BCUT2D eigenvalue weighted by molar-refractivity contribution is 7.16. The number of furan rings is 1. The number of hydrogen-bond acceptors (Lipinski definition) is 6. The van der Waals surface area contributed by atoms with Gasteiger partial charge in [-0.15, -0.1) is 11.3 Å². The van der Waals surface area contributed by atoms with Crippen LogP contribution < -0.4 is 5.32 Å². The summed E-state index contributed by atoms with van der Waals surface area (Å²) < 4.78 is 6.98. The second-order valence-electron chi connectivity index (χ2n) is 6.56. The lowest BCUT2D eigenvalue weighted by Gasteiger charge is -2.26. The minimum Gasteiger partial charge on any atom is -0.456 e. The molecule has 3 aromatic rings. The summed E-state index contributed by atoms with van der Waals surface area (Å²) in [6.45, 7) is 2.67. The van der Waals surface area contributed by atoms with Crippen LogP contribution in [0.5, 0.6) is 0 Å². The Labute approximate surface area is 165 Å². The predicted molar refractivity (Wildman–Crippen MR) is 102 cm³/mol. The number of aromatic nitrogens is 2. The van der Waals surface area contributed by atoms with E-state index in [1.165, 1.54) is 17.5 Å². The molecule has 3 aromatic heterocycles. The van der Waals surface area contributed by atoms with E-state index in [2.05, 4.69) is 16.5 Å². The topological polar surface area (TPSA) is 104 Å². The highest BCUT2D eigenvalue weighted by Gasteiger charge is 2.29. The van der Waals surface area contributed by atoms with Crippen LogP contribution >= 0.6 is 11.3 Å². The number of nitrogens with zero attached hydrogens (tertiary/aromatic N) is 4. The number of thiophene rings is 1. The summed E-state index contributed by atoms with van der Waals surface area (Å²) in [5.41, 5.74) is 1.79. The maximum absolute atomic E-state index is 12.6. The molecule has 9 heteroatoms. The third kappa shape index (κ3) is 3.18. The monoisotopic (exact) mass is 395 g/mol. The molecular formula is C19H17N5O3S. The first-order valence-electron chi connectivity index (χ1n) is 8.66. The lowest BCUT2D eigenvalue weighted by molar-refractivity contribution is 0.0703. The molecule has 4 rings (SSSR count). The van der Waals surface area contributed by atoms with Crippen molar-refractivity contribution < 1.29 is 14.0 Å². The normalized spacial score (nSPS) is 13.1. The van der Waals surface area contributed by atoms with Crippen molar-refractivity contribution in [3.05, 3.63) is 57.6 Å². The molecule has 0 aromatic carbocycles. The first-order chi connectivity index (χ1) is 13.5. The summed E-state index contributed by atoms with van der Waals surface area (Å²) in [4.78, 5) is 27.7. The molecule has 0 bridgehead atoms. The molecule has 0 saturated heterocycles. The summed E-state index contributed by atoms with van der Waals surface area (Å²) in [6.07, 6.45) is 3.64. The minimum absolute atomic E-state index is 0.174. The van der Waals surface area contributed by atoms with Gasteiger partial charge in [-0.2, -0.15) is 10.4 Å². The van der Waals surface area contributed by atoms with Gasteiger partial charge in [-0.1, -0.05) is 0 Å². The molecule has 1 N–H and O–H groups in total. The Balaban J connectivity index is 1.56. The molecule has 0 spiro atoms. The van der Waals surface area contributed by atoms with Gasteiger partial charge >= 0.3 is 0 Å². The number of anilines is 1.